The summed E-state index contributed by atoms with van der Waals surface area (Å²) < 4.78 is 0. The van der Waals surface area contributed by atoms with E-state index in [4.69, 9.17) is 23.8 Å². The quantitative estimate of drug-likeness (QED) is 0.590. The molecule has 1 aliphatic rings. The Morgan fingerprint density at radius 2 is 1.41 bits per heavy atom. The molecule has 0 aliphatic heterocycles. The van der Waals surface area contributed by atoms with Crippen LogP contribution in [0, 0.1) is 0 Å². The maximum Gasteiger partial charge on any atom is 0.169 e. The van der Waals surface area contributed by atoms with E-state index in [1.165, 1.54) is 56.1 Å². The Bertz CT molecular complexity index is 694. The van der Waals surface area contributed by atoms with E-state index in [0.717, 1.165) is 23.2 Å². The lowest BCUT2D eigenvalue weighted by Crippen LogP contribution is -2.44. The molecular formula is C23H29ClN2S. The van der Waals surface area contributed by atoms with Crippen LogP contribution in [0.4, 0.5) is 0 Å². The maximum atomic E-state index is 6.05. The van der Waals surface area contributed by atoms with Crippen LogP contribution in [0.2, 0.25) is 5.02 Å². The molecular weight excluding hydrogens is 372 g/mol. The molecule has 0 aromatic heterocycles. The summed E-state index contributed by atoms with van der Waals surface area (Å²) in [5.41, 5.74) is 2.49. The van der Waals surface area contributed by atoms with Crippen LogP contribution < -0.4 is 5.32 Å². The van der Waals surface area contributed by atoms with Gasteiger partial charge in [0.1, 0.15) is 0 Å². The Labute approximate surface area is 173 Å². The van der Waals surface area contributed by atoms with Crippen molar-refractivity contribution in [2.45, 2.75) is 64.1 Å². The van der Waals surface area contributed by atoms with Gasteiger partial charge < -0.3 is 10.2 Å². The molecule has 0 bridgehead atoms. The molecule has 0 saturated heterocycles. The van der Waals surface area contributed by atoms with Crippen LogP contribution in [0.15, 0.2) is 54.6 Å². The fourth-order valence-electron chi connectivity index (χ4n) is 3.68. The molecule has 144 valence electrons. The van der Waals surface area contributed by atoms with Crippen LogP contribution in [0.1, 0.15) is 56.1 Å². The number of thiocarbonyl (C=S) groups is 1. The van der Waals surface area contributed by atoms with Gasteiger partial charge in [-0.05, 0) is 48.3 Å². The maximum absolute atomic E-state index is 6.05. The number of rotatable bonds is 5. The average Bonchev–Trinajstić information content (AvgIpc) is 2.66. The van der Waals surface area contributed by atoms with Gasteiger partial charge in [-0.15, -0.1) is 0 Å². The molecule has 4 heteroatoms. The zero-order chi connectivity index (χ0) is 18.9. The number of nitrogens with one attached hydrogen (secondary N) is 1. The monoisotopic (exact) mass is 400 g/mol. The molecule has 2 aromatic rings. The molecule has 2 aromatic carbocycles. The third kappa shape index (κ3) is 6.82. The number of hydrogen-bond acceptors (Lipinski definition) is 1. The third-order valence-corrected chi connectivity index (χ3v) is 5.85. The minimum absolute atomic E-state index is 0.501. The standard InChI is InChI=1S/C23H29ClN2S/c24-21-15-13-20(14-16-21)18-26(17-19-9-5-4-6-10-19)23(27)25-22-11-7-2-1-3-8-12-22/h4-6,9-10,13-16,22H,1-3,7-8,11-12,17-18H2,(H,25,27). The summed E-state index contributed by atoms with van der Waals surface area (Å²) in [6.45, 7) is 1.59. The van der Waals surface area contributed by atoms with E-state index in [1.54, 1.807) is 0 Å². The highest BCUT2D eigenvalue weighted by atomic mass is 35.5. The third-order valence-electron chi connectivity index (χ3n) is 5.22. The van der Waals surface area contributed by atoms with Crippen LogP contribution in [0.25, 0.3) is 0 Å². The summed E-state index contributed by atoms with van der Waals surface area (Å²) in [5, 5.41) is 5.30. The Morgan fingerprint density at radius 3 is 2.04 bits per heavy atom. The van der Waals surface area contributed by atoms with Crippen LogP contribution in [-0.2, 0) is 13.1 Å². The average molecular weight is 401 g/mol. The summed E-state index contributed by atoms with van der Waals surface area (Å²) in [7, 11) is 0. The number of halogens is 1. The van der Waals surface area contributed by atoms with E-state index in [0.29, 0.717) is 6.04 Å². The minimum atomic E-state index is 0.501. The molecule has 1 aliphatic carbocycles. The van der Waals surface area contributed by atoms with Gasteiger partial charge in [0.15, 0.2) is 5.11 Å². The van der Waals surface area contributed by atoms with Crippen molar-refractivity contribution in [1.82, 2.24) is 10.2 Å². The van der Waals surface area contributed by atoms with Crippen molar-refractivity contribution < 1.29 is 0 Å². The predicted molar refractivity (Wildman–Crippen MR) is 119 cm³/mol. The lowest BCUT2D eigenvalue weighted by Gasteiger charge is -2.30. The van der Waals surface area contributed by atoms with Crippen molar-refractivity contribution in [3.63, 3.8) is 0 Å². The van der Waals surface area contributed by atoms with Gasteiger partial charge in [-0.2, -0.15) is 0 Å². The molecule has 1 fully saturated rings. The van der Waals surface area contributed by atoms with Gasteiger partial charge in [-0.3, -0.25) is 0 Å². The van der Waals surface area contributed by atoms with E-state index >= 15 is 0 Å². The Morgan fingerprint density at radius 1 is 0.852 bits per heavy atom. The molecule has 0 unspecified atom stereocenters. The van der Waals surface area contributed by atoms with Gasteiger partial charge in [-0.1, -0.05) is 86.2 Å². The van der Waals surface area contributed by atoms with Crippen molar-refractivity contribution in [3.05, 3.63) is 70.7 Å². The van der Waals surface area contributed by atoms with Crippen molar-refractivity contribution in [1.29, 1.82) is 0 Å². The minimum Gasteiger partial charge on any atom is -0.360 e. The lowest BCUT2D eigenvalue weighted by molar-refractivity contribution is 0.370. The molecule has 0 atom stereocenters. The second-order valence-corrected chi connectivity index (χ2v) is 8.28. The van der Waals surface area contributed by atoms with Gasteiger partial charge in [0, 0.05) is 24.2 Å². The molecule has 1 saturated carbocycles. The number of benzene rings is 2. The van der Waals surface area contributed by atoms with Crippen molar-refractivity contribution in [2.75, 3.05) is 0 Å². The fourth-order valence-corrected chi connectivity index (χ4v) is 4.10. The first-order chi connectivity index (χ1) is 13.2. The van der Waals surface area contributed by atoms with Crippen molar-refractivity contribution >= 4 is 28.9 Å². The molecule has 2 nitrogen and oxygen atoms in total. The first-order valence-corrected chi connectivity index (χ1v) is 10.8. The van der Waals surface area contributed by atoms with Gasteiger partial charge in [0.05, 0.1) is 0 Å². The molecule has 0 spiro atoms. The second-order valence-electron chi connectivity index (χ2n) is 7.46. The van der Waals surface area contributed by atoms with Gasteiger partial charge in [-0.25, -0.2) is 0 Å². The van der Waals surface area contributed by atoms with Crippen LogP contribution >= 0.6 is 23.8 Å². The zero-order valence-electron chi connectivity index (χ0n) is 15.9. The van der Waals surface area contributed by atoms with E-state index < -0.39 is 0 Å². The summed E-state index contributed by atoms with van der Waals surface area (Å²) in [6, 6.07) is 19.1. The molecule has 27 heavy (non-hydrogen) atoms. The van der Waals surface area contributed by atoms with E-state index in [1.807, 2.05) is 12.1 Å². The number of hydrogen-bond donors (Lipinski definition) is 1. The zero-order valence-corrected chi connectivity index (χ0v) is 17.4. The topological polar surface area (TPSA) is 15.3 Å². The van der Waals surface area contributed by atoms with Gasteiger partial charge in [0.2, 0.25) is 0 Å². The largest absolute Gasteiger partial charge is 0.360 e. The van der Waals surface area contributed by atoms with Crippen LogP contribution in [0.5, 0.6) is 0 Å². The van der Waals surface area contributed by atoms with Gasteiger partial charge in [0.25, 0.3) is 0 Å². The first kappa shape index (κ1) is 20.2. The van der Waals surface area contributed by atoms with E-state index in [2.05, 4.69) is 52.7 Å². The summed E-state index contributed by atoms with van der Waals surface area (Å²) in [5.74, 6) is 0. The molecule has 3 rings (SSSR count). The molecule has 0 heterocycles. The lowest BCUT2D eigenvalue weighted by atomic mass is 9.97. The number of nitrogens with zero attached hydrogens (tertiary/aromatic N) is 1. The highest BCUT2D eigenvalue weighted by molar-refractivity contribution is 7.80. The highest BCUT2D eigenvalue weighted by Gasteiger charge is 2.17. The Balaban J connectivity index is 1.69. The first-order valence-electron chi connectivity index (χ1n) is 10.0. The Kier molecular flexibility index (Phi) is 7.97. The van der Waals surface area contributed by atoms with E-state index in [9.17, 15) is 0 Å². The molecule has 0 radical (unpaired) electrons. The predicted octanol–water partition coefficient (Wildman–Crippen LogP) is 6.33. The molecule has 0 amide bonds. The smallest absolute Gasteiger partial charge is 0.169 e. The van der Waals surface area contributed by atoms with Crippen molar-refractivity contribution in [3.8, 4) is 0 Å². The normalized spacial score (nSPS) is 15.6. The van der Waals surface area contributed by atoms with Crippen molar-refractivity contribution in [2.24, 2.45) is 0 Å². The summed E-state index contributed by atoms with van der Waals surface area (Å²) in [6.07, 6.45) is 9.13. The Hall–Kier alpha value is -1.58. The second kappa shape index (κ2) is 10.7. The fraction of sp³-hybridized carbons (Fsp3) is 0.435. The van der Waals surface area contributed by atoms with Gasteiger partial charge >= 0.3 is 0 Å². The van der Waals surface area contributed by atoms with E-state index in [-0.39, 0.29) is 0 Å². The van der Waals surface area contributed by atoms with Crippen LogP contribution in [0.3, 0.4) is 0 Å². The highest BCUT2D eigenvalue weighted by Crippen LogP contribution is 2.19. The summed E-state index contributed by atoms with van der Waals surface area (Å²) in [4.78, 5) is 2.27. The van der Waals surface area contributed by atoms with Crippen LogP contribution in [-0.4, -0.2) is 16.1 Å². The molecule has 1 N–H and O–H groups in total. The summed E-state index contributed by atoms with van der Waals surface area (Å²) >= 11 is 11.9. The SMILES string of the molecule is S=C(NC1CCCCCCC1)N(Cc1ccccc1)Cc1ccc(Cl)cc1.